The van der Waals surface area contributed by atoms with E-state index in [1.165, 1.54) is 0 Å². The van der Waals surface area contributed by atoms with E-state index in [1.54, 1.807) is 25.3 Å². The molecule has 1 heterocycles. The smallest absolute Gasteiger partial charge is 0.246 e. The zero-order valence-corrected chi connectivity index (χ0v) is 16.0. The third kappa shape index (κ3) is 4.32. The lowest BCUT2D eigenvalue weighted by Crippen LogP contribution is -2.48. The number of methoxy groups -OCH3 is 1. The summed E-state index contributed by atoms with van der Waals surface area (Å²) < 4.78 is 5.28. The first-order chi connectivity index (χ1) is 12.6. The van der Waals surface area contributed by atoms with E-state index in [1.807, 2.05) is 35.2 Å². The van der Waals surface area contributed by atoms with E-state index < -0.39 is 0 Å². The minimum absolute atomic E-state index is 0.0219. The summed E-state index contributed by atoms with van der Waals surface area (Å²) in [6.07, 6.45) is 3.27. The van der Waals surface area contributed by atoms with Gasteiger partial charge in [0.15, 0.2) is 0 Å². The molecule has 1 aliphatic rings. The van der Waals surface area contributed by atoms with E-state index in [-0.39, 0.29) is 5.91 Å². The van der Waals surface area contributed by atoms with Crippen LogP contribution in [0.2, 0.25) is 10.0 Å². The van der Waals surface area contributed by atoms with Crippen molar-refractivity contribution >= 4 is 40.9 Å². The standard InChI is InChI=1S/C20H20Cl2N2O2/c1-26-17-6-3-5-16(14-17)23-10-12-24(13-11-23)19(25)9-8-15-4-2-7-18(21)20(15)22/h2-9,14H,10-13H2,1H3/b9-8+. The molecule has 0 saturated carbocycles. The highest BCUT2D eigenvalue weighted by molar-refractivity contribution is 6.42. The molecule has 4 nitrogen and oxygen atoms in total. The second-order valence-electron chi connectivity index (χ2n) is 5.99. The Labute approximate surface area is 163 Å². The van der Waals surface area contributed by atoms with Crippen LogP contribution in [-0.4, -0.2) is 44.1 Å². The largest absolute Gasteiger partial charge is 0.497 e. The molecule has 0 aliphatic carbocycles. The Hall–Kier alpha value is -2.17. The van der Waals surface area contributed by atoms with E-state index in [0.717, 1.165) is 30.1 Å². The molecule has 0 aromatic heterocycles. The van der Waals surface area contributed by atoms with Crippen molar-refractivity contribution in [1.29, 1.82) is 0 Å². The number of benzene rings is 2. The summed E-state index contributed by atoms with van der Waals surface area (Å²) in [7, 11) is 1.66. The molecule has 0 spiro atoms. The van der Waals surface area contributed by atoms with Gasteiger partial charge in [0.1, 0.15) is 5.75 Å². The van der Waals surface area contributed by atoms with Crippen LogP contribution in [0.1, 0.15) is 5.56 Å². The van der Waals surface area contributed by atoms with Gasteiger partial charge in [-0.05, 0) is 29.8 Å². The van der Waals surface area contributed by atoms with Gasteiger partial charge in [0.2, 0.25) is 5.91 Å². The summed E-state index contributed by atoms with van der Waals surface area (Å²) in [4.78, 5) is 16.5. The molecular weight excluding hydrogens is 371 g/mol. The lowest BCUT2D eigenvalue weighted by molar-refractivity contribution is -0.126. The number of hydrogen-bond acceptors (Lipinski definition) is 3. The zero-order valence-electron chi connectivity index (χ0n) is 14.5. The molecule has 1 aliphatic heterocycles. The highest BCUT2D eigenvalue weighted by atomic mass is 35.5. The first kappa shape index (κ1) is 18.6. The lowest BCUT2D eigenvalue weighted by atomic mass is 10.2. The average molecular weight is 391 g/mol. The van der Waals surface area contributed by atoms with Crippen molar-refractivity contribution in [2.24, 2.45) is 0 Å². The van der Waals surface area contributed by atoms with Crippen molar-refractivity contribution in [1.82, 2.24) is 4.90 Å². The molecular formula is C20H20Cl2N2O2. The summed E-state index contributed by atoms with van der Waals surface area (Å²) in [6, 6.07) is 13.3. The van der Waals surface area contributed by atoms with Gasteiger partial charge < -0.3 is 14.5 Å². The highest BCUT2D eigenvalue weighted by Crippen LogP contribution is 2.26. The summed E-state index contributed by atoms with van der Waals surface area (Å²) in [5.41, 5.74) is 1.85. The Morgan fingerprint density at radius 3 is 2.54 bits per heavy atom. The maximum Gasteiger partial charge on any atom is 0.246 e. The molecule has 0 N–H and O–H groups in total. The van der Waals surface area contributed by atoms with E-state index >= 15 is 0 Å². The molecule has 0 unspecified atom stereocenters. The minimum atomic E-state index is -0.0219. The van der Waals surface area contributed by atoms with Gasteiger partial charge in [-0.3, -0.25) is 4.79 Å². The molecule has 1 saturated heterocycles. The highest BCUT2D eigenvalue weighted by Gasteiger charge is 2.20. The van der Waals surface area contributed by atoms with E-state index in [2.05, 4.69) is 11.0 Å². The van der Waals surface area contributed by atoms with Crippen LogP contribution < -0.4 is 9.64 Å². The molecule has 0 radical (unpaired) electrons. The fraction of sp³-hybridized carbons (Fsp3) is 0.250. The van der Waals surface area contributed by atoms with Gasteiger partial charge in [-0.1, -0.05) is 41.4 Å². The van der Waals surface area contributed by atoms with Crippen LogP contribution in [-0.2, 0) is 4.79 Å². The van der Waals surface area contributed by atoms with E-state index in [0.29, 0.717) is 23.1 Å². The molecule has 6 heteroatoms. The molecule has 1 amide bonds. The number of nitrogens with zero attached hydrogens (tertiary/aromatic N) is 2. The molecule has 1 fully saturated rings. The van der Waals surface area contributed by atoms with Gasteiger partial charge in [-0.2, -0.15) is 0 Å². The van der Waals surface area contributed by atoms with Crippen molar-refractivity contribution in [3.8, 4) is 5.75 Å². The zero-order chi connectivity index (χ0) is 18.5. The topological polar surface area (TPSA) is 32.8 Å². The lowest BCUT2D eigenvalue weighted by Gasteiger charge is -2.35. The number of piperazine rings is 1. The molecule has 26 heavy (non-hydrogen) atoms. The number of rotatable bonds is 4. The molecule has 2 aromatic carbocycles. The number of amides is 1. The summed E-state index contributed by atoms with van der Waals surface area (Å²) >= 11 is 12.1. The number of carbonyl (C=O) groups excluding carboxylic acids is 1. The van der Waals surface area contributed by atoms with Crippen LogP contribution in [0.25, 0.3) is 6.08 Å². The number of anilines is 1. The Balaban J connectivity index is 1.59. The SMILES string of the molecule is COc1cccc(N2CCN(C(=O)/C=C/c3cccc(Cl)c3Cl)CC2)c1. The van der Waals surface area contributed by atoms with Crippen molar-refractivity contribution in [3.05, 3.63) is 64.1 Å². The van der Waals surface area contributed by atoms with Gasteiger partial charge in [-0.25, -0.2) is 0 Å². The van der Waals surface area contributed by atoms with Gasteiger partial charge in [0, 0.05) is 44.0 Å². The third-order valence-electron chi connectivity index (χ3n) is 4.40. The van der Waals surface area contributed by atoms with E-state index in [9.17, 15) is 4.79 Å². The van der Waals surface area contributed by atoms with Crippen molar-refractivity contribution in [2.75, 3.05) is 38.2 Å². The average Bonchev–Trinajstić information content (AvgIpc) is 2.69. The summed E-state index contributed by atoms with van der Waals surface area (Å²) in [5.74, 6) is 0.814. The minimum Gasteiger partial charge on any atom is -0.497 e. The number of carbonyl (C=O) groups is 1. The van der Waals surface area contributed by atoms with Crippen LogP contribution >= 0.6 is 23.2 Å². The van der Waals surface area contributed by atoms with Gasteiger partial charge >= 0.3 is 0 Å². The Morgan fingerprint density at radius 1 is 1.08 bits per heavy atom. The van der Waals surface area contributed by atoms with Crippen LogP contribution in [0.15, 0.2) is 48.5 Å². The van der Waals surface area contributed by atoms with Crippen LogP contribution in [0.4, 0.5) is 5.69 Å². The third-order valence-corrected chi connectivity index (χ3v) is 5.23. The number of ether oxygens (including phenoxy) is 1. The predicted octanol–water partition coefficient (Wildman–Crippen LogP) is 4.36. The van der Waals surface area contributed by atoms with Crippen molar-refractivity contribution in [3.63, 3.8) is 0 Å². The first-order valence-corrected chi connectivity index (χ1v) is 9.14. The summed E-state index contributed by atoms with van der Waals surface area (Å²) in [6.45, 7) is 2.91. The normalized spacial score (nSPS) is 14.7. The first-order valence-electron chi connectivity index (χ1n) is 8.38. The fourth-order valence-corrected chi connectivity index (χ4v) is 3.28. The van der Waals surface area contributed by atoms with Crippen LogP contribution in [0, 0.1) is 0 Å². The number of hydrogen-bond donors (Lipinski definition) is 0. The summed E-state index contributed by atoms with van der Waals surface area (Å²) in [5, 5.41) is 0.939. The molecule has 0 atom stereocenters. The Morgan fingerprint density at radius 2 is 1.81 bits per heavy atom. The van der Waals surface area contributed by atoms with Crippen molar-refractivity contribution in [2.45, 2.75) is 0 Å². The monoisotopic (exact) mass is 390 g/mol. The van der Waals surface area contributed by atoms with Gasteiger partial charge in [0.05, 0.1) is 17.2 Å². The van der Waals surface area contributed by atoms with Crippen LogP contribution in [0.5, 0.6) is 5.75 Å². The Kier molecular flexibility index (Phi) is 6.07. The van der Waals surface area contributed by atoms with Gasteiger partial charge in [-0.15, -0.1) is 0 Å². The fourth-order valence-electron chi connectivity index (χ4n) is 2.91. The van der Waals surface area contributed by atoms with E-state index in [4.69, 9.17) is 27.9 Å². The maximum absolute atomic E-state index is 12.4. The molecule has 136 valence electrons. The second kappa shape index (κ2) is 8.47. The molecule has 2 aromatic rings. The molecule has 0 bridgehead atoms. The second-order valence-corrected chi connectivity index (χ2v) is 6.78. The molecule has 3 rings (SSSR count). The van der Waals surface area contributed by atoms with Gasteiger partial charge in [0.25, 0.3) is 0 Å². The quantitative estimate of drug-likeness (QED) is 0.726. The Bertz CT molecular complexity index is 815. The number of halogens is 2. The van der Waals surface area contributed by atoms with Crippen molar-refractivity contribution < 1.29 is 9.53 Å². The maximum atomic E-state index is 12.4. The van der Waals surface area contributed by atoms with Crippen LogP contribution in [0.3, 0.4) is 0 Å². The predicted molar refractivity (Wildman–Crippen MR) is 107 cm³/mol.